The number of hydrogen-bond acceptors (Lipinski definition) is 3. The number of aromatic nitrogens is 2. The fourth-order valence-corrected chi connectivity index (χ4v) is 2.36. The van der Waals surface area contributed by atoms with Crippen molar-refractivity contribution in [1.82, 2.24) is 9.97 Å². The molecule has 0 aliphatic heterocycles. The number of nitrogens with zero attached hydrogens (tertiary/aromatic N) is 1. The maximum Gasteiger partial charge on any atom is 0.138 e. The molecule has 0 saturated carbocycles. The number of benzene rings is 1. The van der Waals surface area contributed by atoms with E-state index in [1.54, 1.807) is 7.11 Å². The number of halogens is 1. The Hall–Kier alpha value is -1.33. The SMILES string of the molecule is COc1ccc(-c2nc(Br)c(CO)[nH]2)cc1C(C)C. The predicted molar refractivity (Wildman–Crippen MR) is 78.3 cm³/mol. The smallest absolute Gasteiger partial charge is 0.138 e. The third-order valence-corrected chi connectivity index (χ3v) is 3.67. The highest BCUT2D eigenvalue weighted by atomic mass is 79.9. The number of H-pyrrole nitrogens is 1. The summed E-state index contributed by atoms with van der Waals surface area (Å²) in [5.74, 6) is 1.98. The summed E-state index contributed by atoms with van der Waals surface area (Å²) < 4.78 is 6.01. The molecule has 102 valence electrons. The molecule has 2 rings (SSSR count). The molecule has 5 heteroatoms. The molecule has 2 aromatic rings. The Morgan fingerprint density at radius 1 is 1.42 bits per heavy atom. The van der Waals surface area contributed by atoms with E-state index in [4.69, 9.17) is 4.74 Å². The second-order valence-electron chi connectivity index (χ2n) is 4.62. The first kappa shape index (κ1) is 14.1. The van der Waals surface area contributed by atoms with Crippen LogP contribution in [0.3, 0.4) is 0 Å². The maximum atomic E-state index is 9.18. The minimum absolute atomic E-state index is 0.0687. The number of ether oxygens (including phenoxy) is 1. The van der Waals surface area contributed by atoms with Crippen molar-refractivity contribution in [3.8, 4) is 17.1 Å². The Morgan fingerprint density at radius 3 is 2.68 bits per heavy atom. The fraction of sp³-hybridized carbons (Fsp3) is 0.357. The Kier molecular flexibility index (Phi) is 4.27. The zero-order valence-electron chi connectivity index (χ0n) is 11.2. The van der Waals surface area contributed by atoms with Gasteiger partial charge in [-0.3, -0.25) is 0 Å². The zero-order chi connectivity index (χ0) is 14.0. The minimum atomic E-state index is -0.0687. The van der Waals surface area contributed by atoms with Gasteiger partial charge in [0.15, 0.2) is 0 Å². The van der Waals surface area contributed by atoms with Crippen molar-refractivity contribution in [1.29, 1.82) is 0 Å². The molecule has 0 unspecified atom stereocenters. The van der Waals surface area contributed by atoms with Crippen LogP contribution in [0.1, 0.15) is 31.0 Å². The van der Waals surface area contributed by atoms with Crippen LogP contribution in [0.2, 0.25) is 0 Å². The monoisotopic (exact) mass is 324 g/mol. The predicted octanol–water partition coefficient (Wildman–Crippen LogP) is 3.46. The van der Waals surface area contributed by atoms with Gasteiger partial charge in [0.25, 0.3) is 0 Å². The molecular weight excluding hydrogens is 308 g/mol. The summed E-state index contributed by atoms with van der Waals surface area (Å²) in [4.78, 5) is 7.47. The molecule has 0 aliphatic rings. The first-order chi connectivity index (χ1) is 9.06. The highest BCUT2D eigenvalue weighted by Gasteiger charge is 2.13. The van der Waals surface area contributed by atoms with Crippen LogP contribution >= 0.6 is 15.9 Å². The van der Waals surface area contributed by atoms with Crippen LogP contribution in [0.15, 0.2) is 22.8 Å². The Balaban J connectivity index is 2.47. The Morgan fingerprint density at radius 2 is 2.16 bits per heavy atom. The number of hydrogen-bond donors (Lipinski definition) is 2. The lowest BCUT2D eigenvalue weighted by Crippen LogP contribution is -1.95. The maximum absolute atomic E-state index is 9.18. The van der Waals surface area contributed by atoms with Crippen molar-refractivity contribution >= 4 is 15.9 Å². The lowest BCUT2D eigenvalue weighted by molar-refractivity contribution is 0.276. The number of rotatable bonds is 4. The van der Waals surface area contributed by atoms with Crippen LogP contribution in [0.4, 0.5) is 0 Å². The van der Waals surface area contributed by atoms with Crippen molar-refractivity contribution in [2.75, 3.05) is 7.11 Å². The zero-order valence-corrected chi connectivity index (χ0v) is 12.8. The van der Waals surface area contributed by atoms with Gasteiger partial charge in [0, 0.05) is 5.56 Å². The van der Waals surface area contributed by atoms with E-state index < -0.39 is 0 Å². The van der Waals surface area contributed by atoms with Gasteiger partial charge in [0.2, 0.25) is 0 Å². The van der Waals surface area contributed by atoms with Gasteiger partial charge in [0.05, 0.1) is 19.4 Å². The average molecular weight is 325 g/mol. The van der Waals surface area contributed by atoms with E-state index in [2.05, 4.69) is 45.8 Å². The van der Waals surface area contributed by atoms with Crippen LogP contribution < -0.4 is 4.74 Å². The molecule has 1 aromatic carbocycles. The third kappa shape index (κ3) is 2.82. The first-order valence-electron chi connectivity index (χ1n) is 6.10. The summed E-state index contributed by atoms with van der Waals surface area (Å²) in [6, 6.07) is 5.97. The van der Waals surface area contributed by atoms with Crippen molar-refractivity contribution in [2.45, 2.75) is 26.4 Å². The molecule has 0 bridgehead atoms. The molecular formula is C14H17BrN2O2. The van der Waals surface area contributed by atoms with Crippen LogP contribution in [-0.2, 0) is 6.61 Å². The molecule has 0 saturated heterocycles. The second kappa shape index (κ2) is 5.75. The van der Waals surface area contributed by atoms with Gasteiger partial charge in [-0.1, -0.05) is 13.8 Å². The summed E-state index contributed by atoms with van der Waals surface area (Å²) in [6.45, 7) is 4.18. The Bertz CT molecular complexity index is 579. The number of methoxy groups -OCH3 is 1. The van der Waals surface area contributed by atoms with Gasteiger partial charge in [-0.15, -0.1) is 0 Å². The number of imidazole rings is 1. The van der Waals surface area contributed by atoms with E-state index in [1.807, 2.05) is 12.1 Å². The standard InChI is InChI=1S/C14H17BrN2O2/c1-8(2)10-6-9(4-5-12(10)19-3)14-16-11(7-18)13(15)17-14/h4-6,8,18H,7H2,1-3H3,(H,16,17). The number of nitrogens with one attached hydrogen (secondary N) is 1. The van der Waals surface area contributed by atoms with Crippen LogP contribution in [0, 0.1) is 0 Å². The lowest BCUT2D eigenvalue weighted by Gasteiger charge is -2.12. The summed E-state index contributed by atoms with van der Waals surface area (Å²) in [5, 5.41) is 9.18. The second-order valence-corrected chi connectivity index (χ2v) is 5.38. The molecule has 0 atom stereocenters. The van der Waals surface area contributed by atoms with E-state index in [-0.39, 0.29) is 6.61 Å². The largest absolute Gasteiger partial charge is 0.496 e. The molecule has 4 nitrogen and oxygen atoms in total. The molecule has 0 aliphatic carbocycles. The average Bonchev–Trinajstić information content (AvgIpc) is 2.79. The van der Waals surface area contributed by atoms with Crippen molar-refractivity contribution in [3.63, 3.8) is 0 Å². The molecule has 0 radical (unpaired) electrons. The summed E-state index contributed by atoms with van der Waals surface area (Å²) >= 11 is 3.32. The number of aliphatic hydroxyl groups is 1. The van der Waals surface area contributed by atoms with Crippen LogP contribution in [-0.4, -0.2) is 22.2 Å². The van der Waals surface area contributed by atoms with Gasteiger partial charge in [-0.05, 0) is 45.6 Å². The van der Waals surface area contributed by atoms with Gasteiger partial charge < -0.3 is 14.8 Å². The third-order valence-electron chi connectivity index (χ3n) is 3.01. The molecule has 1 aromatic heterocycles. The molecule has 0 fully saturated rings. The quantitative estimate of drug-likeness (QED) is 0.905. The van der Waals surface area contributed by atoms with Crippen LogP contribution in [0.5, 0.6) is 5.75 Å². The highest BCUT2D eigenvalue weighted by molar-refractivity contribution is 9.10. The van der Waals surface area contributed by atoms with Crippen molar-refractivity contribution in [2.24, 2.45) is 0 Å². The van der Waals surface area contributed by atoms with E-state index in [9.17, 15) is 5.11 Å². The molecule has 19 heavy (non-hydrogen) atoms. The highest BCUT2D eigenvalue weighted by Crippen LogP contribution is 2.31. The van der Waals surface area contributed by atoms with Crippen molar-refractivity contribution < 1.29 is 9.84 Å². The number of aliphatic hydroxyl groups excluding tert-OH is 1. The lowest BCUT2D eigenvalue weighted by atomic mass is 9.99. The van der Waals surface area contributed by atoms with Gasteiger partial charge in [-0.2, -0.15) is 0 Å². The van der Waals surface area contributed by atoms with E-state index in [1.165, 1.54) is 0 Å². The Labute approximate surface area is 121 Å². The van der Waals surface area contributed by atoms with E-state index in [0.717, 1.165) is 22.7 Å². The van der Waals surface area contributed by atoms with Crippen LogP contribution in [0.25, 0.3) is 11.4 Å². The number of aromatic amines is 1. The summed E-state index contributed by atoms with van der Waals surface area (Å²) in [6.07, 6.45) is 0. The van der Waals surface area contributed by atoms with Crippen molar-refractivity contribution in [3.05, 3.63) is 34.1 Å². The van der Waals surface area contributed by atoms with E-state index >= 15 is 0 Å². The summed E-state index contributed by atoms with van der Waals surface area (Å²) in [7, 11) is 1.67. The van der Waals surface area contributed by atoms with E-state index in [0.29, 0.717) is 16.2 Å². The normalized spacial score (nSPS) is 11.1. The van der Waals surface area contributed by atoms with Gasteiger partial charge in [0.1, 0.15) is 16.2 Å². The molecule has 2 N–H and O–H groups in total. The fourth-order valence-electron chi connectivity index (χ4n) is 1.96. The summed E-state index contributed by atoms with van der Waals surface area (Å²) in [5.41, 5.74) is 2.79. The molecule has 1 heterocycles. The molecule has 0 amide bonds. The van der Waals surface area contributed by atoms with Gasteiger partial charge >= 0.3 is 0 Å². The molecule has 0 spiro atoms. The van der Waals surface area contributed by atoms with Gasteiger partial charge in [-0.25, -0.2) is 4.98 Å². The first-order valence-corrected chi connectivity index (χ1v) is 6.89. The minimum Gasteiger partial charge on any atom is -0.496 e. The topological polar surface area (TPSA) is 58.1 Å².